The fraction of sp³-hybridized carbons (Fsp3) is 0.476. The second-order valence-corrected chi connectivity index (χ2v) is 7.06. The van der Waals surface area contributed by atoms with Crippen LogP contribution in [0.3, 0.4) is 0 Å². The Kier molecular flexibility index (Phi) is 6.27. The quantitative estimate of drug-likeness (QED) is 0.553. The van der Waals surface area contributed by atoms with Gasteiger partial charge in [0, 0.05) is 5.70 Å². The maximum Gasteiger partial charge on any atom is 0.338 e. The minimum atomic E-state index is -0.336. The van der Waals surface area contributed by atoms with Crippen molar-refractivity contribution in [2.45, 2.75) is 58.9 Å². The molecule has 0 aliphatic carbocycles. The smallest absolute Gasteiger partial charge is 0.338 e. The van der Waals surface area contributed by atoms with Crippen molar-refractivity contribution >= 4 is 11.9 Å². The van der Waals surface area contributed by atoms with Gasteiger partial charge in [-0.3, -0.25) is 0 Å². The number of ether oxygens (including phenoxy) is 1. The Labute approximate surface area is 160 Å². The molecule has 6 nitrogen and oxygen atoms in total. The Bertz CT molecular complexity index is 808. The standard InChI is InChI=1S/C21H28N4O2/c1-4-5-6-7-8-13-27-20(26)18-16(3)24-21-22-14-23-25(21)19(18)17-11-9-15(2)10-12-17/h9-12,14,19H,4-8,13H2,1-3H3,(H,22,23,24)/t19-/m0/s1. The van der Waals surface area contributed by atoms with Gasteiger partial charge in [-0.2, -0.15) is 10.1 Å². The number of nitrogens with one attached hydrogen (secondary N) is 1. The molecule has 2 aromatic rings. The molecule has 1 aromatic carbocycles. The molecule has 1 atom stereocenters. The number of unbranched alkanes of at least 4 members (excludes halogenated alkanes) is 4. The topological polar surface area (TPSA) is 69.0 Å². The first kappa shape index (κ1) is 19.1. The van der Waals surface area contributed by atoms with Crippen LogP contribution >= 0.6 is 0 Å². The number of benzene rings is 1. The minimum Gasteiger partial charge on any atom is -0.462 e. The third kappa shape index (κ3) is 4.38. The molecule has 0 saturated heterocycles. The summed E-state index contributed by atoms with van der Waals surface area (Å²) in [5.74, 6) is 0.344. The number of rotatable bonds is 8. The zero-order chi connectivity index (χ0) is 19.2. The Morgan fingerprint density at radius 3 is 2.63 bits per heavy atom. The first-order valence-corrected chi connectivity index (χ1v) is 9.72. The zero-order valence-electron chi connectivity index (χ0n) is 16.4. The number of hydrogen-bond donors (Lipinski definition) is 1. The van der Waals surface area contributed by atoms with Crippen LogP contribution in [0.5, 0.6) is 0 Å². The third-order valence-electron chi connectivity index (χ3n) is 4.89. The predicted molar refractivity (Wildman–Crippen MR) is 105 cm³/mol. The largest absolute Gasteiger partial charge is 0.462 e. The van der Waals surface area contributed by atoms with Gasteiger partial charge in [0.2, 0.25) is 5.95 Å². The summed E-state index contributed by atoms with van der Waals surface area (Å²) in [6.45, 7) is 6.57. The van der Waals surface area contributed by atoms with Crippen molar-refractivity contribution in [3.05, 3.63) is 53.0 Å². The van der Waals surface area contributed by atoms with Crippen LogP contribution < -0.4 is 5.32 Å². The molecule has 144 valence electrons. The van der Waals surface area contributed by atoms with E-state index < -0.39 is 0 Å². The van der Waals surface area contributed by atoms with Crippen LogP contribution in [0.2, 0.25) is 0 Å². The molecule has 0 radical (unpaired) electrons. The molecule has 27 heavy (non-hydrogen) atoms. The summed E-state index contributed by atoms with van der Waals surface area (Å²) in [6, 6.07) is 7.81. The number of esters is 1. The van der Waals surface area contributed by atoms with Crippen molar-refractivity contribution in [2.24, 2.45) is 0 Å². The van der Waals surface area contributed by atoms with Crippen LogP contribution in [-0.4, -0.2) is 27.3 Å². The predicted octanol–water partition coefficient (Wildman–Crippen LogP) is 4.39. The molecule has 0 fully saturated rings. The third-order valence-corrected chi connectivity index (χ3v) is 4.89. The van der Waals surface area contributed by atoms with Gasteiger partial charge in [0.25, 0.3) is 0 Å². The van der Waals surface area contributed by atoms with E-state index in [9.17, 15) is 4.79 Å². The van der Waals surface area contributed by atoms with E-state index in [1.807, 2.05) is 38.1 Å². The van der Waals surface area contributed by atoms with Crippen LogP contribution in [0.4, 0.5) is 5.95 Å². The van der Waals surface area contributed by atoms with Gasteiger partial charge in [-0.15, -0.1) is 0 Å². The monoisotopic (exact) mass is 368 g/mol. The van der Waals surface area contributed by atoms with Crippen LogP contribution in [-0.2, 0) is 9.53 Å². The summed E-state index contributed by atoms with van der Waals surface area (Å²) >= 11 is 0. The Morgan fingerprint density at radius 1 is 1.15 bits per heavy atom. The summed E-state index contributed by atoms with van der Waals surface area (Å²) in [4.78, 5) is 17.2. The molecule has 0 spiro atoms. The van der Waals surface area contributed by atoms with E-state index >= 15 is 0 Å². The summed E-state index contributed by atoms with van der Waals surface area (Å²) in [6.07, 6.45) is 7.11. The van der Waals surface area contributed by atoms with Crippen molar-refractivity contribution in [1.29, 1.82) is 0 Å². The van der Waals surface area contributed by atoms with E-state index in [1.165, 1.54) is 31.2 Å². The Balaban J connectivity index is 1.78. The van der Waals surface area contributed by atoms with Crippen LogP contribution in [0, 0.1) is 6.92 Å². The van der Waals surface area contributed by atoms with Gasteiger partial charge >= 0.3 is 5.97 Å². The van der Waals surface area contributed by atoms with E-state index in [2.05, 4.69) is 22.3 Å². The van der Waals surface area contributed by atoms with Gasteiger partial charge in [-0.05, 0) is 25.8 Å². The molecule has 3 rings (SSSR count). The number of aromatic nitrogens is 3. The molecule has 0 bridgehead atoms. The fourth-order valence-corrected chi connectivity index (χ4v) is 3.36. The Hall–Kier alpha value is -2.63. The number of anilines is 1. The summed E-state index contributed by atoms with van der Waals surface area (Å²) in [5.41, 5.74) is 3.51. The first-order chi connectivity index (χ1) is 13.1. The minimum absolute atomic E-state index is 0.290. The molecule has 0 unspecified atom stereocenters. The second-order valence-electron chi connectivity index (χ2n) is 7.06. The molecule has 0 saturated carbocycles. The van der Waals surface area contributed by atoms with E-state index in [0.717, 1.165) is 24.1 Å². The average molecular weight is 368 g/mol. The number of aryl methyl sites for hydroxylation is 1. The van der Waals surface area contributed by atoms with Gasteiger partial charge < -0.3 is 10.1 Å². The lowest BCUT2D eigenvalue weighted by Crippen LogP contribution is -2.29. The fourth-order valence-electron chi connectivity index (χ4n) is 3.36. The van der Waals surface area contributed by atoms with E-state index in [4.69, 9.17) is 4.74 Å². The highest BCUT2D eigenvalue weighted by Crippen LogP contribution is 2.35. The molecular weight excluding hydrogens is 340 g/mol. The van der Waals surface area contributed by atoms with Crippen molar-refractivity contribution in [1.82, 2.24) is 14.8 Å². The lowest BCUT2D eigenvalue weighted by molar-refractivity contribution is -0.139. The molecule has 1 aliphatic rings. The maximum atomic E-state index is 12.9. The highest BCUT2D eigenvalue weighted by Gasteiger charge is 2.34. The van der Waals surface area contributed by atoms with E-state index in [-0.39, 0.29) is 12.0 Å². The number of carbonyl (C=O) groups excluding carboxylic acids is 1. The van der Waals surface area contributed by atoms with Crippen molar-refractivity contribution in [3.63, 3.8) is 0 Å². The normalized spacial score (nSPS) is 16.0. The van der Waals surface area contributed by atoms with Crippen molar-refractivity contribution < 1.29 is 9.53 Å². The van der Waals surface area contributed by atoms with Crippen LogP contribution in [0.25, 0.3) is 0 Å². The summed E-state index contributed by atoms with van der Waals surface area (Å²) in [5, 5.41) is 7.50. The lowest BCUT2D eigenvalue weighted by atomic mass is 9.95. The van der Waals surface area contributed by atoms with E-state index in [0.29, 0.717) is 18.1 Å². The van der Waals surface area contributed by atoms with Crippen molar-refractivity contribution in [3.8, 4) is 0 Å². The van der Waals surface area contributed by atoms with Gasteiger partial charge in [-0.25, -0.2) is 9.48 Å². The van der Waals surface area contributed by atoms with Crippen molar-refractivity contribution in [2.75, 3.05) is 11.9 Å². The second kappa shape index (κ2) is 8.84. The van der Waals surface area contributed by atoms with Crippen LogP contribution in [0.1, 0.15) is 63.1 Å². The molecular formula is C21H28N4O2. The summed E-state index contributed by atoms with van der Waals surface area (Å²) in [7, 11) is 0. The number of carbonyl (C=O) groups is 1. The van der Waals surface area contributed by atoms with Gasteiger partial charge in [0.15, 0.2) is 0 Å². The number of allylic oxidation sites excluding steroid dienone is 1. The first-order valence-electron chi connectivity index (χ1n) is 9.72. The molecule has 2 heterocycles. The van der Waals surface area contributed by atoms with Gasteiger partial charge in [0.1, 0.15) is 12.4 Å². The molecule has 1 N–H and O–H groups in total. The zero-order valence-corrected chi connectivity index (χ0v) is 16.4. The van der Waals surface area contributed by atoms with E-state index in [1.54, 1.807) is 4.68 Å². The highest BCUT2D eigenvalue weighted by molar-refractivity contribution is 5.92. The molecule has 1 aliphatic heterocycles. The highest BCUT2D eigenvalue weighted by atomic mass is 16.5. The molecule has 1 aromatic heterocycles. The van der Waals surface area contributed by atoms with Gasteiger partial charge in [-0.1, -0.05) is 62.4 Å². The molecule has 0 amide bonds. The maximum absolute atomic E-state index is 12.9. The molecule has 6 heteroatoms. The SMILES string of the molecule is CCCCCCCOC(=O)C1=C(C)Nc2ncnn2[C@H]1c1ccc(C)cc1. The average Bonchev–Trinajstić information content (AvgIpc) is 3.12. The Morgan fingerprint density at radius 2 is 1.89 bits per heavy atom. The number of nitrogens with zero attached hydrogens (tertiary/aromatic N) is 3. The lowest BCUT2D eigenvalue weighted by Gasteiger charge is -2.28. The van der Waals surface area contributed by atoms with Crippen LogP contribution in [0.15, 0.2) is 41.9 Å². The number of hydrogen-bond acceptors (Lipinski definition) is 5. The van der Waals surface area contributed by atoms with Gasteiger partial charge in [0.05, 0.1) is 12.2 Å². The summed E-state index contributed by atoms with van der Waals surface area (Å²) < 4.78 is 7.35. The number of fused-ring (bicyclic) bond motifs is 1.